The molecule has 1 aromatic rings. The zero-order chi connectivity index (χ0) is 13.0. The molecule has 0 aromatic heterocycles. The van der Waals surface area contributed by atoms with Gasteiger partial charge < -0.3 is 15.1 Å². The van der Waals surface area contributed by atoms with Gasteiger partial charge >= 0.3 is 0 Å². The first-order valence-electron chi connectivity index (χ1n) is 6.11. The molecule has 1 saturated heterocycles. The van der Waals surface area contributed by atoms with Gasteiger partial charge in [-0.15, -0.1) is 0 Å². The molecule has 2 rings (SSSR count). The predicted molar refractivity (Wildman–Crippen MR) is 69.0 cm³/mol. The summed E-state index contributed by atoms with van der Waals surface area (Å²) in [7, 11) is 2.04. The van der Waals surface area contributed by atoms with E-state index in [1.165, 1.54) is 6.07 Å². The molecular weight excluding hydrogens is 233 g/mol. The first-order chi connectivity index (χ1) is 8.66. The van der Waals surface area contributed by atoms with E-state index in [1.54, 1.807) is 18.2 Å². The highest BCUT2D eigenvalue weighted by molar-refractivity contribution is 5.81. The van der Waals surface area contributed by atoms with Crippen molar-refractivity contribution in [1.29, 1.82) is 0 Å². The minimum atomic E-state index is -0.330. The molecular formula is C13H18FN3O. The van der Waals surface area contributed by atoms with Gasteiger partial charge in [-0.25, -0.2) is 4.39 Å². The number of halogens is 1. The van der Waals surface area contributed by atoms with Crippen molar-refractivity contribution in [3.05, 3.63) is 30.1 Å². The lowest BCUT2D eigenvalue weighted by Crippen LogP contribution is -2.48. The lowest BCUT2D eigenvalue weighted by molar-refractivity contribution is -0.130. The number of likely N-dealkylation sites (N-methyl/N-ethyl adjacent to an activating group) is 1. The highest BCUT2D eigenvalue weighted by Crippen LogP contribution is 2.12. The number of para-hydroxylation sites is 1. The van der Waals surface area contributed by atoms with Gasteiger partial charge in [0.2, 0.25) is 5.91 Å². The molecule has 98 valence electrons. The fraction of sp³-hybridized carbons (Fsp3) is 0.462. The Balaban J connectivity index is 1.83. The molecule has 1 aromatic carbocycles. The largest absolute Gasteiger partial charge is 0.374 e. The van der Waals surface area contributed by atoms with Crippen LogP contribution in [0, 0.1) is 5.82 Å². The van der Waals surface area contributed by atoms with E-state index in [4.69, 9.17) is 0 Å². The number of carbonyl (C=O) groups excluding carboxylic acids is 1. The van der Waals surface area contributed by atoms with Gasteiger partial charge in [0.1, 0.15) is 5.82 Å². The third-order valence-electron chi connectivity index (χ3n) is 3.16. The molecule has 5 heteroatoms. The van der Waals surface area contributed by atoms with Crippen LogP contribution in [-0.2, 0) is 4.79 Å². The van der Waals surface area contributed by atoms with E-state index >= 15 is 0 Å². The van der Waals surface area contributed by atoms with Crippen molar-refractivity contribution in [2.24, 2.45) is 0 Å². The van der Waals surface area contributed by atoms with Gasteiger partial charge in [-0.1, -0.05) is 12.1 Å². The second kappa shape index (κ2) is 5.82. The molecule has 0 spiro atoms. The van der Waals surface area contributed by atoms with Crippen LogP contribution in [0.3, 0.4) is 0 Å². The number of nitrogens with one attached hydrogen (secondary N) is 1. The first-order valence-corrected chi connectivity index (χ1v) is 6.11. The standard InChI is InChI=1S/C13H18FN3O/c1-16-6-8-17(9-7-16)13(18)10-15-12-5-3-2-4-11(12)14/h2-5,15H,6-10H2,1H3. The van der Waals surface area contributed by atoms with E-state index < -0.39 is 0 Å². The second-order valence-corrected chi connectivity index (χ2v) is 4.52. The van der Waals surface area contributed by atoms with Crippen LogP contribution in [0.2, 0.25) is 0 Å². The third-order valence-corrected chi connectivity index (χ3v) is 3.16. The lowest BCUT2D eigenvalue weighted by atomic mass is 10.3. The fourth-order valence-corrected chi connectivity index (χ4v) is 1.94. The molecule has 1 fully saturated rings. The number of carbonyl (C=O) groups is 1. The maximum absolute atomic E-state index is 13.3. The Hall–Kier alpha value is -1.62. The Morgan fingerprint density at radius 3 is 2.61 bits per heavy atom. The summed E-state index contributed by atoms with van der Waals surface area (Å²) in [5.41, 5.74) is 0.375. The maximum Gasteiger partial charge on any atom is 0.241 e. The number of amides is 1. The van der Waals surface area contributed by atoms with Crippen LogP contribution in [0.5, 0.6) is 0 Å². The molecule has 1 aliphatic heterocycles. The van der Waals surface area contributed by atoms with E-state index in [9.17, 15) is 9.18 Å². The van der Waals surface area contributed by atoms with Crippen molar-refractivity contribution < 1.29 is 9.18 Å². The molecule has 1 amide bonds. The second-order valence-electron chi connectivity index (χ2n) is 4.52. The number of nitrogens with zero attached hydrogens (tertiary/aromatic N) is 2. The normalized spacial score (nSPS) is 16.7. The highest BCUT2D eigenvalue weighted by Gasteiger charge is 2.18. The quantitative estimate of drug-likeness (QED) is 0.871. The first kappa shape index (κ1) is 12.8. The Kier molecular flexibility index (Phi) is 4.15. The summed E-state index contributed by atoms with van der Waals surface area (Å²) >= 11 is 0. The highest BCUT2D eigenvalue weighted by atomic mass is 19.1. The van der Waals surface area contributed by atoms with E-state index in [0.717, 1.165) is 26.2 Å². The number of benzene rings is 1. The van der Waals surface area contributed by atoms with Gasteiger partial charge in [0.15, 0.2) is 0 Å². The number of hydrogen-bond donors (Lipinski definition) is 1. The van der Waals surface area contributed by atoms with Crippen LogP contribution in [0.25, 0.3) is 0 Å². The van der Waals surface area contributed by atoms with Crippen molar-refractivity contribution in [1.82, 2.24) is 9.80 Å². The van der Waals surface area contributed by atoms with Gasteiger partial charge in [0.25, 0.3) is 0 Å². The molecule has 0 bridgehead atoms. The molecule has 1 heterocycles. The van der Waals surface area contributed by atoms with Crippen molar-refractivity contribution in [2.45, 2.75) is 0 Å². The van der Waals surface area contributed by atoms with Crippen LogP contribution >= 0.6 is 0 Å². The van der Waals surface area contributed by atoms with Gasteiger partial charge in [0, 0.05) is 26.2 Å². The number of hydrogen-bond acceptors (Lipinski definition) is 3. The molecule has 18 heavy (non-hydrogen) atoms. The Morgan fingerprint density at radius 2 is 1.94 bits per heavy atom. The number of piperazine rings is 1. The van der Waals surface area contributed by atoms with E-state index in [1.807, 2.05) is 11.9 Å². The SMILES string of the molecule is CN1CCN(C(=O)CNc2ccccc2F)CC1. The summed E-state index contributed by atoms with van der Waals surface area (Å²) in [6.45, 7) is 3.42. The molecule has 0 radical (unpaired) electrons. The van der Waals surface area contributed by atoms with Crippen LogP contribution in [-0.4, -0.2) is 55.5 Å². The molecule has 1 aliphatic rings. The van der Waals surface area contributed by atoms with Crippen LogP contribution in [0.1, 0.15) is 0 Å². The average molecular weight is 251 g/mol. The van der Waals surface area contributed by atoms with Crippen molar-refractivity contribution in [3.8, 4) is 0 Å². The van der Waals surface area contributed by atoms with E-state index in [2.05, 4.69) is 10.2 Å². The van der Waals surface area contributed by atoms with Crippen molar-refractivity contribution in [3.63, 3.8) is 0 Å². The molecule has 1 N–H and O–H groups in total. The van der Waals surface area contributed by atoms with Crippen LogP contribution in [0.4, 0.5) is 10.1 Å². The molecule has 0 saturated carbocycles. The summed E-state index contributed by atoms with van der Waals surface area (Å²) in [6, 6.07) is 6.38. The van der Waals surface area contributed by atoms with Gasteiger partial charge in [0.05, 0.1) is 12.2 Å². The van der Waals surface area contributed by atoms with E-state index in [0.29, 0.717) is 5.69 Å². The topological polar surface area (TPSA) is 35.6 Å². The van der Waals surface area contributed by atoms with Crippen molar-refractivity contribution in [2.75, 3.05) is 45.1 Å². The lowest BCUT2D eigenvalue weighted by Gasteiger charge is -2.32. The molecule has 0 atom stereocenters. The van der Waals surface area contributed by atoms with Crippen LogP contribution in [0.15, 0.2) is 24.3 Å². The van der Waals surface area contributed by atoms with Gasteiger partial charge in [-0.05, 0) is 19.2 Å². The van der Waals surface area contributed by atoms with Crippen LogP contribution < -0.4 is 5.32 Å². The summed E-state index contributed by atoms with van der Waals surface area (Å²) in [5.74, 6) is -0.310. The minimum absolute atomic E-state index is 0.0198. The zero-order valence-electron chi connectivity index (χ0n) is 10.5. The van der Waals surface area contributed by atoms with Gasteiger partial charge in [-0.3, -0.25) is 4.79 Å². The Bertz CT molecular complexity index is 416. The van der Waals surface area contributed by atoms with Crippen molar-refractivity contribution >= 4 is 11.6 Å². The third kappa shape index (κ3) is 3.20. The molecule has 0 aliphatic carbocycles. The molecule has 0 unspecified atom stereocenters. The summed E-state index contributed by atoms with van der Waals surface area (Å²) in [6.07, 6.45) is 0. The number of anilines is 1. The average Bonchev–Trinajstić information content (AvgIpc) is 2.38. The zero-order valence-corrected chi connectivity index (χ0v) is 10.5. The monoisotopic (exact) mass is 251 g/mol. The summed E-state index contributed by atoms with van der Waals surface area (Å²) in [4.78, 5) is 15.9. The molecule has 4 nitrogen and oxygen atoms in total. The number of rotatable bonds is 3. The van der Waals surface area contributed by atoms with E-state index in [-0.39, 0.29) is 18.3 Å². The summed E-state index contributed by atoms with van der Waals surface area (Å²) < 4.78 is 13.3. The van der Waals surface area contributed by atoms with Gasteiger partial charge in [-0.2, -0.15) is 0 Å². The Morgan fingerprint density at radius 1 is 1.28 bits per heavy atom. The maximum atomic E-state index is 13.3. The summed E-state index contributed by atoms with van der Waals surface area (Å²) in [5, 5.41) is 2.84. The smallest absolute Gasteiger partial charge is 0.241 e. The Labute approximate surface area is 106 Å². The fourth-order valence-electron chi connectivity index (χ4n) is 1.94. The predicted octanol–water partition coefficient (Wildman–Crippen LogP) is 1.01. The minimum Gasteiger partial charge on any atom is -0.374 e.